The summed E-state index contributed by atoms with van der Waals surface area (Å²) in [7, 11) is 0. The minimum atomic E-state index is -0.618. The van der Waals surface area contributed by atoms with E-state index < -0.39 is 6.10 Å². The van der Waals surface area contributed by atoms with Crippen LogP contribution < -0.4 is 5.32 Å². The molecule has 5 heteroatoms. The molecule has 4 nitrogen and oxygen atoms in total. The van der Waals surface area contributed by atoms with Crippen molar-refractivity contribution in [3.05, 3.63) is 28.5 Å². The number of hydrogen-bond donors (Lipinski definition) is 3. The summed E-state index contributed by atoms with van der Waals surface area (Å²) in [5.74, 6) is 0. The summed E-state index contributed by atoms with van der Waals surface area (Å²) in [5, 5.41) is 21.9. The topological polar surface area (TPSA) is 65.4 Å². The number of pyridine rings is 1. The molecule has 0 saturated carbocycles. The molecule has 0 amide bonds. The van der Waals surface area contributed by atoms with Crippen molar-refractivity contribution < 1.29 is 10.2 Å². The largest absolute Gasteiger partial charge is 0.395 e. The lowest BCUT2D eigenvalue weighted by Gasteiger charge is -2.14. The van der Waals surface area contributed by atoms with E-state index in [2.05, 4.69) is 10.3 Å². The maximum absolute atomic E-state index is 9.95. The average molecular weight is 245 g/mol. The SMILES string of the molecule is Cc1ccnc(Cl)c1C(O)CCNCCO. The number of aliphatic hydroxyl groups is 2. The first-order chi connectivity index (χ1) is 7.66. The predicted molar refractivity (Wildman–Crippen MR) is 63.5 cm³/mol. The van der Waals surface area contributed by atoms with E-state index in [0.29, 0.717) is 30.2 Å². The Morgan fingerprint density at radius 3 is 2.88 bits per heavy atom. The molecule has 0 bridgehead atoms. The molecule has 3 N–H and O–H groups in total. The van der Waals surface area contributed by atoms with Crippen LogP contribution in [0, 0.1) is 6.92 Å². The lowest BCUT2D eigenvalue weighted by molar-refractivity contribution is 0.164. The number of hydrogen-bond acceptors (Lipinski definition) is 4. The number of rotatable bonds is 6. The summed E-state index contributed by atoms with van der Waals surface area (Å²) in [6.45, 7) is 3.16. The molecular formula is C11H17ClN2O2. The van der Waals surface area contributed by atoms with Crippen molar-refractivity contribution in [1.29, 1.82) is 0 Å². The maximum Gasteiger partial charge on any atom is 0.135 e. The van der Waals surface area contributed by atoms with Crippen molar-refractivity contribution in [2.24, 2.45) is 0 Å². The number of nitrogens with zero attached hydrogens (tertiary/aromatic N) is 1. The monoisotopic (exact) mass is 244 g/mol. The molecule has 16 heavy (non-hydrogen) atoms. The van der Waals surface area contributed by atoms with E-state index in [1.807, 2.05) is 13.0 Å². The van der Waals surface area contributed by atoms with Gasteiger partial charge < -0.3 is 15.5 Å². The van der Waals surface area contributed by atoms with E-state index >= 15 is 0 Å². The Kier molecular flexibility index (Phi) is 5.69. The zero-order chi connectivity index (χ0) is 12.0. The Morgan fingerprint density at radius 2 is 2.25 bits per heavy atom. The van der Waals surface area contributed by atoms with Crippen LogP contribution in [-0.2, 0) is 0 Å². The molecule has 1 aromatic heterocycles. The van der Waals surface area contributed by atoms with Crippen molar-refractivity contribution in [2.45, 2.75) is 19.4 Å². The summed E-state index contributed by atoms with van der Waals surface area (Å²) >= 11 is 5.93. The van der Waals surface area contributed by atoms with Gasteiger partial charge in [-0.2, -0.15) is 0 Å². The molecule has 1 aromatic rings. The Hall–Kier alpha value is -0.680. The molecule has 0 fully saturated rings. The van der Waals surface area contributed by atoms with Gasteiger partial charge in [-0.05, 0) is 31.5 Å². The molecule has 0 saturated heterocycles. The number of aliphatic hydroxyl groups excluding tert-OH is 2. The highest BCUT2D eigenvalue weighted by Gasteiger charge is 2.14. The predicted octanol–water partition coefficient (Wildman–Crippen LogP) is 1.05. The van der Waals surface area contributed by atoms with Crippen LogP contribution in [0.2, 0.25) is 5.15 Å². The summed E-state index contributed by atoms with van der Waals surface area (Å²) in [4.78, 5) is 3.95. The Bertz CT molecular complexity index is 314. The minimum Gasteiger partial charge on any atom is -0.395 e. The number of aromatic nitrogens is 1. The fourth-order valence-electron chi connectivity index (χ4n) is 1.52. The van der Waals surface area contributed by atoms with Crippen LogP contribution >= 0.6 is 11.6 Å². The molecule has 1 heterocycles. The van der Waals surface area contributed by atoms with E-state index in [1.54, 1.807) is 6.20 Å². The van der Waals surface area contributed by atoms with Gasteiger partial charge in [0.05, 0.1) is 12.7 Å². The van der Waals surface area contributed by atoms with Crippen molar-refractivity contribution in [3.63, 3.8) is 0 Å². The summed E-state index contributed by atoms with van der Waals surface area (Å²) in [5.41, 5.74) is 1.63. The zero-order valence-corrected chi connectivity index (χ0v) is 10.0. The molecular weight excluding hydrogens is 228 g/mol. The molecule has 0 radical (unpaired) electrons. The van der Waals surface area contributed by atoms with Crippen LogP contribution in [0.1, 0.15) is 23.7 Å². The average Bonchev–Trinajstić information content (AvgIpc) is 2.24. The van der Waals surface area contributed by atoms with Gasteiger partial charge in [0, 0.05) is 18.3 Å². The highest BCUT2D eigenvalue weighted by atomic mass is 35.5. The van der Waals surface area contributed by atoms with E-state index in [9.17, 15) is 5.11 Å². The third-order valence-electron chi connectivity index (χ3n) is 2.38. The highest BCUT2D eigenvalue weighted by Crippen LogP contribution is 2.26. The van der Waals surface area contributed by atoms with Crippen LogP contribution in [-0.4, -0.2) is 34.9 Å². The van der Waals surface area contributed by atoms with Crippen LogP contribution in [0.15, 0.2) is 12.3 Å². The van der Waals surface area contributed by atoms with Crippen LogP contribution in [0.25, 0.3) is 0 Å². The zero-order valence-electron chi connectivity index (χ0n) is 9.28. The molecule has 0 spiro atoms. The van der Waals surface area contributed by atoms with Gasteiger partial charge in [-0.25, -0.2) is 4.98 Å². The van der Waals surface area contributed by atoms with Gasteiger partial charge in [0.1, 0.15) is 5.15 Å². The van der Waals surface area contributed by atoms with Crippen molar-refractivity contribution in [1.82, 2.24) is 10.3 Å². The lowest BCUT2D eigenvalue weighted by atomic mass is 10.0. The summed E-state index contributed by atoms with van der Waals surface area (Å²) in [6, 6.07) is 1.82. The number of nitrogens with one attached hydrogen (secondary N) is 1. The summed E-state index contributed by atoms with van der Waals surface area (Å²) in [6.07, 6.45) is 1.55. The quantitative estimate of drug-likeness (QED) is 0.517. The molecule has 1 unspecified atom stereocenters. The molecule has 0 aliphatic carbocycles. The second-order valence-electron chi connectivity index (χ2n) is 3.61. The molecule has 1 rings (SSSR count). The molecule has 0 aliphatic heterocycles. The molecule has 0 aromatic carbocycles. The number of halogens is 1. The highest BCUT2D eigenvalue weighted by molar-refractivity contribution is 6.30. The van der Waals surface area contributed by atoms with E-state index in [0.717, 1.165) is 5.56 Å². The second-order valence-corrected chi connectivity index (χ2v) is 3.97. The van der Waals surface area contributed by atoms with Crippen molar-refractivity contribution >= 4 is 11.6 Å². The molecule has 1 atom stereocenters. The van der Waals surface area contributed by atoms with E-state index in [1.165, 1.54) is 0 Å². The van der Waals surface area contributed by atoms with Crippen LogP contribution in [0.5, 0.6) is 0 Å². The Morgan fingerprint density at radius 1 is 1.50 bits per heavy atom. The lowest BCUT2D eigenvalue weighted by Crippen LogP contribution is -2.21. The third kappa shape index (κ3) is 3.72. The van der Waals surface area contributed by atoms with Gasteiger partial charge in [-0.1, -0.05) is 11.6 Å². The Balaban J connectivity index is 2.55. The normalized spacial score (nSPS) is 12.8. The van der Waals surface area contributed by atoms with Gasteiger partial charge in [0.25, 0.3) is 0 Å². The third-order valence-corrected chi connectivity index (χ3v) is 2.68. The van der Waals surface area contributed by atoms with Gasteiger partial charge in [-0.3, -0.25) is 0 Å². The van der Waals surface area contributed by atoms with Crippen molar-refractivity contribution in [3.8, 4) is 0 Å². The van der Waals surface area contributed by atoms with Gasteiger partial charge in [0.15, 0.2) is 0 Å². The first kappa shape index (κ1) is 13.4. The van der Waals surface area contributed by atoms with Gasteiger partial charge in [-0.15, -0.1) is 0 Å². The van der Waals surface area contributed by atoms with E-state index in [-0.39, 0.29) is 6.61 Å². The second kappa shape index (κ2) is 6.81. The first-order valence-corrected chi connectivity index (χ1v) is 5.65. The minimum absolute atomic E-state index is 0.1000. The maximum atomic E-state index is 9.95. The van der Waals surface area contributed by atoms with Crippen LogP contribution in [0.3, 0.4) is 0 Å². The van der Waals surface area contributed by atoms with Crippen molar-refractivity contribution in [2.75, 3.05) is 19.7 Å². The Labute approximate surface area is 100 Å². The van der Waals surface area contributed by atoms with Crippen LogP contribution in [0.4, 0.5) is 0 Å². The van der Waals surface area contributed by atoms with Gasteiger partial charge in [0.2, 0.25) is 0 Å². The fraction of sp³-hybridized carbons (Fsp3) is 0.545. The summed E-state index contributed by atoms with van der Waals surface area (Å²) < 4.78 is 0. The van der Waals surface area contributed by atoms with Gasteiger partial charge >= 0.3 is 0 Å². The standard InChI is InChI=1S/C11H17ClN2O2/c1-8-2-5-14-11(12)10(8)9(16)3-4-13-6-7-15/h2,5,9,13,15-16H,3-4,6-7H2,1H3. The number of aryl methyl sites for hydroxylation is 1. The fourth-order valence-corrected chi connectivity index (χ4v) is 1.86. The molecule has 90 valence electrons. The van der Waals surface area contributed by atoms with E-state index in [4.69, 9.17) is 16.7 Å². The molecule has 0 aliphatic rings. The first-order valence-electron chi connectivity index (χ1n) is 5.27. The smallest absolute Gasteiger partial charge is 0.135 e.